The smallest absolute Gasteiger partial charge is 0.408 e. The number of carbonyl (C=O) groups excluding carboxylic acids is 2. The van der Waals surface area contributed by atoms with Gasteiger partial charge in [-0.3, -0.25) is 0 Å². The van der Waals surface area contributed by atoms with Crippen molar-refractivity contribution in [1.82, 2.24) is 5.32 Å². The molecule has 1 saturated carbocycles. The summed E-state index contributed by atoms with van der Waals surface area (Å²) in [5.74, 6) is -0.00775. The van der Waals surface area contributed by atoms with E-state index in [0.717, 1.165) is 25.7 Å². The van der Waals surface area contributed by atoms with Gasteiger partial charge in [0, 0.05) is 6.04 Å². The van der Waals surface area contributed by atoms with E-state index in [1.165, 1.54) is 0 Å². The first-order valence-corrected chi connectivity index (χ1v) is 7.81. The van der Waals surface area contributed by atoms with Gasteiger partial charge in [0.15, 0.2) is 0 Å². The molecule has 0 bridgehead atoms. The summed E-state index contributed by atoms with van der Waals surface area (Å²) in [7, 11) is 0. The minimum Gasteiger partial charge on any atom is -0.464 e. The summed E-state index contributed by atoms with van der Waals surface area (Å²) >= 11 is 0. The molecule has 6 heteroatoms. The standard InChI is InChI=1S/C15H28N2O4/c1-4-20-14(18)13(17-15(19)21-10(2)3)9-11-5-7-12(16)8-6-11/h10-13H,4-9,16H2,1-3H3,(H,17,19). The minimum absolute atomic E-state index is 0.222. The van der Waals surface area contributed by atoms with E-state index in [9.17, 15) is 9.59 Å². The van der Waals surface area contributed by atoms with E-state index in [0.29, 0.717) is 18.9 Å². The third kappa shape index (κ3) is 6.80. The zero-order valence-electron chi connectivity index (χ0n) is 13.3. The number of amides is 1. The van der Waals surface area contributed by atoms with E-state index >= 15 is 0 Å². The van der Waals surface area contributed by atoms with Gasteiger partial charge in [0.05, 0.1) is 12.7 Å². The van der Waals surface area contributed by atoms with Crippen molar-refractivity contribution in [3.63, 3.8) is 0 Å². The van der Waals surface area contributed by atoms with Crippen LogP contribution in [-0.2, 0) is 14.3 Å². The SMILES string of the molecule is CCOC(=O)C(CC1CCC(N)CC1)NC(=O)OC(C)C. The second-order valence-electron chi connectivity index (χ2n) is 5.92. The molecule has 0 aromatic carbocycles. The van der Waals surface area contributed by atoms with Crippen molar-refractivity contribution in [2.24, 2.45) is 11.7 Å². The van der Waals surface area contributed by atoms with Crippen molar-refractivity contribution in [1.29, 1.82) is 0 Å². The third-order valence-corrected chi connectivity index (χ3v) is 3.67. The van der Waals surface area contributed by atoms with E-state index in [-0.39, 0.29) is 12.1 Å². The Morgan fingerprint density at radius 2 is 1.86 bits per heavy atom. The molecule has 0 saturated heterocycles. The second-order valence-corrected chi connectivity index (χ2v) is 5.92. The Morgan fingerprint density at radius 1 is 1.24 bits per heavy atom. The van der Waals surface area contributed by atoms with Crippen LogP contribution in [0, 0.1) is 5.92 Å². The summed E-state index contributed by atoms with van der Waals surface area (Å²) in [5.41, 5.74) is 5.89. The summed E-state index contributed by atoms with van der Waals surface area (Å²) in [5, 5.41) is 2.62. The molecule has 6 nitrogen and oxygen atoms in total. The predicted molar refractivity (Wildman–Crippen MR) is 79.7 cm³/mol. The van der Waals surface area contributed by atoms with Gasteiger partial charge in [-0.1, -0.05) is 0 Å². The highest BCUT2D eigenvalue weighted by molar-refractivity contribution is 5.81. The number of nitrogens with one attached hydrogen (secondary N) is 1. The molecule has 0 aromatic rings. The highest BCUT2D eigenvalue weighted by Crippen LogP contribution is 2.27. The van der Waals surface area contributed by atoms with Crippen LogP contribution in [0.1, 0.15) is 52.9 Å². The topological polar surface area (TPSA) is 90.6 Å². The van der Waals surface area contributed by atoms with E-state index < -0.39 is 18.1 Å². The highest BCUT2D eigenvalue weighted by Gasteiger charge is 2.28. The summed E-state index contributed by atoms with van der Waals surface area (Å²) < 4.78 is 10.1. The van der Waals surface area contributed by atoms with Crippen molar-refractivity contribution in [3.8, 4) is 0 Å². The molecule has 0 radical (unpaired) electrons. The van der Waals surface area contributed by atoms with E-state index in [1.54, 1.807) is 20.8 Å². The number of hydrogen-bond acceptors (Lipinski definition) is 5. The van der Waals surface area contributed by atoms with Gasteiger partial charge < -0.3 is 20.5 Å². The van der Waals surface area contributed by atoms with Crippen molar-refractivity contribution in [2.45, 2.75) is 71.1 Å². The number of ether oxygens (including phenoxy) is 2. The van der Waals surface area contributed by atoms with Crippen LogP contribution >= 0.6 is 0 Å². The first-order chi connectivity index (χ1) is 9.92. The molecule has 1 aliphatic rings. The molecule has 1 amide bonds. The lowest BCUT2D eigenvalue weighted by Crippen LogP contribution is -2.44. The molecule has 122 valence electrons. The molecule has 1 atom stereocenters. The molecule has 0 heterocycles. The van der Waals surface area contributed by atoms with Gasteiger partial charge in [0.25, 0.3) is 0 Å². The fourth-order valence-electron chi connectivity index (χ4n) is 2.60. The number of nitrogens with two attached hydrogens (primary N) is 1. The highest BCUT2D eigenvalue weighted by atomic mass is 16.6. The molecule has 0 aromatic heterocycles. The maximum atomic E-state index is 12.0. The molecular formula is C15H28N2O4. The molecule has 0 spiro atoms. The van der Waals surface area contributed by atoms with Crippen molar-refractivity contribution >= 4 is 12.1 Å². The Bertz CT molecular complexity index is 339. The van der Waals surface area contributed by atoms with Gasteiger partial charge >= 0.3 is 12.1 Å². The molecule has 1 unspecified atom stereocenters. The van der Waals surface area contributed by atoms with Gasteiger partial charge in [-0.15, -0.1) is 0 Å². The number of rotatable bonds is 6. The molecule has 0 aliphatic heterocycles. The minimum atomic E-state index is -0.643. The second kappa shape index (κ2) is 8.87. The van der Waals surface area contributed by atoms with Crippen LogP contribution in [0.15, 0.2) is 0 Å². The zero-order valence-corrected chi connectivity index (χ0v) is 13.3. The van der Waals surface area contributed by atoms with Crippen LogP contribution < -0.4 is 11.1 Å². The Labute approximate surface area is 126 Å². The summed E-state index contributed by atoms with van der Waals surface area (Å²) in [6, 6.07) is -0.378. The van der Waals surface area contributed by atoms with E-state index in [1.807, 2.05) is 0 Å². The van der Waals surface area contributed by atoms with Crippen LogP contribution in [0.25, 0.3) is 0 Å². The molecule has 1 rings (SSSR count). The Hall–Kier alpha value is -1.30. The third-order valence-electron chi connectivity index (χ3n) is 3.67. The summed E-state index contributed by atoms with van der Waals surface area (Å²) in [6.07, 6.45) is 3.69. The van der Waals surface area contributed by atoms with Gasteiger partial charge in [0.2, 0.25) is 0 Å². The lowest BCUT2D eigenvalue weighted by atomic mass is 9.82. The quantitative estimate of drug-likeness (QED) is 0.732. The number of hydrogen-bond donors (Lipinski definition) is 2. The van der Waals surface area contributed by atoms with E-state index in [2.05, 4.69) is 5.32 Å². The summed E-state index contributed by atoms with van der Waals surface area (Å²) in [4.78, 5) is 23.7. The normalized spacial score (nSPS) is 23.5. The molecule has 1 aliphatic carbocycles. The average Bonchev–Trinajstić information content (AvgIpc) is 2.40. The van der Waals surface area contributed by atoms with Crippen molar-refractivity contribution in [2.75, 3.05) is 6.61 Å². The maximum absolute atomic E-state index is 12.0. The zero-order chi connectivity index (χ0) is 15.8. The van der Waals surface area contributed by atoms with Crippen LogP contribution in [0.3, 0.4) is 0 Å². The number of esters is 1. The largest absolute Gasteiger partial charge is 0.464 e. The Kier molecular flexibility index (Phi) is 7.50. The fraction of sp³-hybridized carbons (Fsp3) is 0.867. The average molecular weight is 300 g/mol. The van der Waals surface area contributed by atoms with Gasteiger partial charge in [-0.05, 0) is 58.8 Å². The fourth-order valence-corrected chi connectivity index (χ4v) is 2.60. The first-order valence-electron chi connectivity index (χ1n) is 7.81. The van der Waals surface area contributed by atoms with Gasteiger partial charge in [-0.25, -0.2) is 9.59 Å². The Morgan fingerprint density at radius 3 is 2.38 bits per heavy atom. The number of carbonyl (C=O) groups is 2. The molecule has 21 heavy (non-hydrogen) atoms. The van der Waals surface area contributed by atoms with Crippen LogP contribution in [0.4, 0.5) is 4.79 Å². The number of alkyl carbamates (subject to hydrolysis) is 1. The van der Waals surface area contributed by atoms with Crippen LogP contribution in [0.2, 0.25) is 0 Å². The first kappa shape index (κ1) is 17.8. The molecule has 3 N–H and O–H groups in total. The van der Waals surface area contributed by atoms with Crippen molar-refractivity contribution in [3.05, 3.63) is 0 Å². The van der Waals surface area contributed by atoms with Gasteiger partial charge in [0.1, 0.15) is 6.04 Å². The molecular weight excluding hydrogens is 272 g/mol. The molecule has 1 fully saturated rings. The Balaban J connectivity index is 2.55. The van der Waals surface area contributed by atoms with Crippen LogP contribution in [-0.4, -0.2) is 36.9 Å². The lowest BCUT2D eigenvalue weighted by Gasteiger charge is -2.28. The predicted octanol–water partition coefficient (Wildman–Crippen LogP) is 1.96. The summed E-state index contributed by atoms with van der Waals surface area (Å²) in [6.45, 7) is 5.58. The maximum Gasteiger partial charge on any atom is 0.408 e. The van der Waals surface area contributed by atoms with Gasteiger partial charge in [-0.2, -0.15) is 0 Å². The van der Waals surface area contributed by atoms with E-state index in [4.69, 9.17) is 15.2 Å². The monoisotopic (exact) mass is 300 g/mol. The van der Waals surface area contributed by atoms with Crippen molar-refractivity contribution < 1.29 is 19.1 Å². The lowest BCUT2D eigenvalue weighted by molar-refractivity contribution is -0.146. The van der Waals surface area contributed by atoms with Crippen LogP contribution in [0.5, 0.6) is 0 Å².